The maximum absolute atomic E-state index is 13.1. The van der Waals surface area contributed by atoms with Gasteiger partial charge < -0.3 is 5.73 Å². The van der Waals surface area contributed by atoms with Crippen LogP contribution < -0.4 is 10.5 Å². The summed E-state index contributed by atoms with van der Waals surface area (Å²) < 4.78 is 40.3. The van der Waals surface area contributed by atoms with Gasteiger partial charge in [-0.15, -0.1) is 0 Å². The lowest BCUT2D eigenvalue weighted by Gasteiger charge is -2.13. The van der Waals surface area contributed by atoms with Gasteiger partial charge in [0.2, 0.25) is 0 Å². The number of hydrogen-bond donors (Lipinski definition) is 2. The van der Waals surface area contributed by atoms with Crippen LogP contribution in [0.15, 0.2) is 35.2 Å². The number of benzene rings is 2. The average molecular weight is 308 g/mol. The standard InChI is InChI=1S/C15H17FN2O2S/c1-9-7-13(8-14(17)11(9)3)21(19,20)18-15-5-4-12(16)6-10(15)2/h4-8,18H,17H2,1-3H3. The van der Waals surface area contributed by atoms with Gasteiger partial charge in [0.15, 0.2) is 0 Å². The third-order valence-corrected chi connectivity index (χ3v) is 4.77. The first-order valence-corrected chi connectivity index (χ1v) is 7.85. The molecule has 6 heteroatoms. The van der Waals surface area contributed by atoms with Crippen LogP contribution in [0.2, 0.25) is 0 Å². The molecule has 0 bridgehead atoms. The molecule has 0 aromatic heterocycles. The van der Waals surface area contributed by atoms with E-state index in [1.165, 1.54) is 24.3 Å². The zero-order valence-corrected chi connectivity index (χ0v) is 12.9. The van der Waals surface area contributed by atoms with Gasteiger partial charge in [-0.25, -0.2) is 12.8 Å². The van der Waals surface area contributed by atoms with Crippen molar-refractivity contribution < 1.29 is 12.8 Å². The minimum atomic E-state index is -3.76. The molecule has 3 N–H and O–H groups in total. The van der Waals surface area contributed by atoms with Crippen molar-refractivity contribution in [3.8, 4) is 0 Å². The van der Waals surface area contributed by atoms with Crippen molar-refractivity contribution >= 4 is 21.4 Å². The van der Waals surface area contributed by atoms with E-state index in [9.17, 15) is 12.8 Å². The smallest absolute Gasteiger partial charge is 0.261 e. The van der Waals surface area contributed by atoms with Gasteiger partial charge in [-0.1, -0.05) is 0 Å². The molecule has 0 saturated heterocycles. The second kappa shape index (κ2) is 5.37. The molecule has 0 unspecified atom stereocenters. The maximum Gasteiger partial charge on any atom is 0.261 e. The molecule has 0 saturated carbocycles. The van der Waals surface area contributed by atoms with Crippen LogP contribution in [-0.2, 0) is 10.0 Å². The molecule has 2 aromatic carbocycles. The fourth-order valence-corrected chi connectivity index (χ4v) is 3.20. The van der Waals surface area contributed by atoms with Crippen LogP contribution in [0.1, 0.15) is 16.7 Å². The van der Waals surface area contributed by atoms with Crippen molar-refractivity contribution in [2.75, 3.05) is 10.5 Å². The van der Waals surface area contributed by atoms with E-state index in [1.54, 1.807) is 19.9 Å². The molecule has 112 valence electrons. The molecule has 0 heterocycles. The van der Waals surface area contributed by atoms with Gasteiger partial charge in [-0.05, 0) is 67.8 Å². The summed E-state index contributed by atoms with van der Waals surface area (Å²) in [7, 11) is -3.76. The topological polar surface area (TPSA) is 72.2 Å². The van der Waals surface area contributed by atoms with Crippen molar-refractivity contribution in [3.05, 3.63) is 52.8 Å². The summed E-state index contributed by atoms with van der Waals surface area (Å²) in [6.45, 7) is 5.27. The summed E-state index contributed by atoms with van der Waals surface area (Å²) in [5, 5.41) is 0. The molecular formula is C15H17FN2O2S. The van der Waals surface area contributed by atoms with Gasteiger partial charge in [0.05, 0.1) is 10.6 Å². The molecule has 2 rings (SSSR count). The Hall–Kier alpha value is -2.08. The number of sulfonamides is 1. The first kappa shape index (κ1) is 15.3. The number of halogens is 1. The molecule has 0 aliphatic rings. The van der Waals surface area contributed by atoms with Gasteiger partial charge in [0, 0.05) is 5.69 Å². The Balaban J connectivity index is 2.43. The maximum atomic E-state index is 13.1. The Labute approximate surface area is 123 Å². The second-order valence-corrected chi connectivity index (χ2v) is 6.70. The van der Waals surface area contributed by atoms with Gasteiger partial charge in [0.25, 0.3) is 10.0 Å². The second-order valence-electron chi connectivity index (χ2n) is 5.02. The van der Waals surface area contributed by atoms with Crippen LogP contribution in [0.5, 0.6) is 0 Å². The van der Waals surface area contributed by atoms with E-state index in [-0.39, 0.29) is 4.90 Å². The third kappa shape index (κ3) is 3.16. The fourth-order valence-electron chi connectivity index (χ4n) is 1.95. The minimum Gasteiger partial charge on any atom is -0.398 e. The number of anilines is 2. The zero-order chi connectivity index (χ0) is 15.8. The summed E-state index contributed by atoms with van der Waals surface area (Å²) in [6.07, 6.45) is 0. The monoisotopic (exact) mass is 308 g/mol. The molecule has 0 atom stereocenters. The zero-order valence-electron chi connectivity index (χ0n) is 12.1. The molecule has 2 aromatic rings. The Morgan fingerprint density at radius 2 is 1.71 bits per heavy atom. The number of nitrogens with one attached hydrogen (secondary N) is 1. The van der Waals surface area contributed by atoms with Crippen molar-refractivity contribution in [3.63, 3.8) is 0 Å². The summed E-state index contributed by atoms with van der Waals surface area (Å²) >= 11 is 0. The fraction of sp³-hybridized carbons (Fsp3) is 0.200. The van der Waals surface area contributed by atoms with Crippen LogP contribution in [-0.4, -0.2) is 8.42 Å². The summed E-state index contributed by atoms with van der Waals surface area (Å²) in [6, 6.07) is 6.86. The van der Waals surface area contributed by atoms with Crippen molar-refractivity contribution in [1.29, 1.82) is 0 Å². The highest BCUT2D eigenvalue weighted by molar-refractivity contribution is 7.92. The Bertz CT molecular complexity index is 778. The van der Waals surface area contributed by atoms with Gasteiger partial charge in [0.1, 0.15) is 5.82 Å². The van der Waals surface area contributed by atoms with E-state index in [4.69, 9.17) is 5.73 Å². The highest BCUT2D eigenvalue weighted by atomic mass is 32.2. The number of nitrogen functional groups attached to an aromatic ring is 1. The minimum absolute atomic E-state index is 0.0897. The summed E-state index contributed by atoms with van der Waals surface area (Å²) in [4.78, 5) is 0.0897. The molecule has 0 fully saturated rings. The predicted molar refractivity (Wildman–Crippen MR) is 82.3 cm³/mol. The molecule has 0 radical (unpaired) electrons. The van der Waals surface area contributed by atoms with Crippen molar-refractivity contribution in [2.45, 2.75) is 25.7 Å². The molecular weight excluding hydrogens is 291 g/mol. The van der Waals surface area contributed by atoms with Gasteiger partial charge in [-0.2, -0.15) is 0 Å². The summed E-state index contributed by atoms with van der Waals surface area (Å²) in [5.74, 6) is -0.411. The van der Waals surface area contributed by atoms with E-state index < -0.39 is 15.8 Å². The van der Waals surface area contributed by atoms with Gasteiger partial charge >= 0.3 is 0 Å². The van der Waals surface area contributed by atoms with Crippen LogP contribution >= 0.6 is 0 Å². The average Bonchev–Trinajstić information content (AvgIpc) is 2.38. The van der Waals surface area contributed by atoms with Crippen LogP contribution in [0.25, 0.3) is 0 Å². The van der Waals surface area contributed by atoms with Crippen molar-refractivity contribution in [2.24, 2.45) is 0 Å². The van der Waals surface area contributed by atoms with E-state index in [0.29, 0.717) is 16.9 Å². The SMILES string of the molecule is Cc1cc(F)ccc1NS(=O)(=O)c1cc(C)c(C)c(N)c1. The predicted octanol–water partition coefficient (Wildman–Crippen LogP) is 3.13. The molecule has 0 aliphatic carbocycles. The van der Waals surface area contributed by atoms with Crippen molar-refractivity contribution in [1.82, 2.24) is 0 Å². The molecule has 21 heavy (non-hydrogen) atoms. The number of rotatable bonds is 3. The number of nitrogens with two attached hydrogens (primary N) is 1. The normalized spacial score (nSPS) is 11.4. The first-order valence-electron chi connectivity index (χ1n) is 6.36. The molecule has 0 aliphatic heterocycles. The van der Waals surface area contributed by atoms with Crippen LogP contribution in [0.3, 0.4) is 0 Å². The highest BCUT2D eigenvalue weighted by Gasteiger charge is 2.17. The first-order chi connectivity index (χ1) is 9.70. The quantitative estimate of drug-likeness (QED) is 0.856. The van der Waals surface area contributed by atoms with E-state index in [1.807, 2.05) is 6.92 Å². The third-order valence-electron chi connectivity index (χ3n) is 3.42. The van der Waals surface area contributed by atoms with Crippen LogP contribution in [0, 0.1) is 26.6 Å². The van der Waals surface area contributed by atoms with E-state index in [2.05, 4.69) is 4.72 Å². The lowest BCUT2D eigenvalue weighted by molar-refractivity contribution is 0.600. The molecule has 0 spiro atoms. The summed E-state index contributed by atoms with van der Waals surface area (Å²) in [5.41, 5.74) is 8.74. The Morgan fingerprint density at radius 3 is 2.29 bits per heavy atom. The number of aryl methyl sites for hydroxylation is 2. The van der Waals surface area contributed by atoms with E-state index >= 15 is 0 Å². The molecule has 0 amide bonds. The largest absolute Gasteiger partial charge is 0.398 e. The lowest BCUT2D eigenvalue weighted by atomic mass is 10.1. The molecule has 4 nitrogen and oxygen atoms in total. The Kier molecular flexibility index (Phi) is 3.91. The number of hydrogen-bond acceptors (Lipinski definition) is 3. The Morgan fingerprint density at radius 1 is 1.05 bits per heavy atom. The highest BCUT2D eigenvalue weighted by Crippen LogP contribution is 2.25. The lowest BCUT2D eigenvalue weighted by Crippen LogP contribution is -2.14. The van der Waals surface area contributed by atoms with Gasteiger partial charge in [-0.3, -0.25) is 4.72 Å². The van der Waals surface area contributed by atoms with E-state index in [0.717, 1.165) is 11.1 Å². The van der Waals surface area contributed by atoms with Crippen LogP contribution in [0.4, 0.5) is 15.8 Å².